The van der Waals surface area contributed by atoms with Gasteiger partial charge in [-0.15, -0.1) is 0 Å². The van der Waals surface area contributed by atoms with Crippen molar-refractivity contribution in [1.29, 1.82) is 0 Å². The summed E-state index contributed by atoms with van der Waals surface area (Å²) in [6.45, 7) is 2.96. The number of thioether (sulfide) groups is 1. The summed E-state index contributed by atoms with van der Waals surface area (Å²) >= 11 is 6.39. The summed E-state index contributed by atoms with van der Waals surface area (Å²) in [5, 5.41) is 0. The van der Waals surface area contributed by atoms with Crippen molar-refractivity contribution in [2.45, 2.75) is 13.0 Å². The van der Waals surface area contributed by atoms with Gasteiger partial charge in [-0.3, -0.25) is 0 Å². The zero-order chi connectivity index (χ0) is 21.4. The molecule has 0 saturated heterocycles. The molecule has 0 fully saturated rings. The second kappa shape index (κ2) is 14.4. The minimum Gasteiger partial charge on any atom is -0.479 e. The number of ether oxygens (including phenoxy) is 3. The maximum Gasteiger partial charge on any atom is 0.339 e. The summed E-state index contributed by atoms with van der Waals surface area (Å²) in [5.41, 5.74) is 1.57. The molecule has 0 aromatic heterocycles. The van der Waals surface area contributed by atoms with Crippen LogP contribution in [0.15, 0.2) is 66.7 Å². The fourth-order valence-corrected chi connectivity index (χ4v) is 3.05. The number of thiocarbonyl (C=S) groups is 1. The van der Waals surface area contributed by atoms with Crippen LogP contribution < -0.4 is 0 Å². The predicted octanol–water partition coefficient (Wildman–Crippen LogP) is 5.00. The first kappa shape index (κ1) is 23.7. The number of rotatable bonds is 9. The SMILES string of the molecule is CCOC(=S)SCC#CC(COC/C=C/c1ccccc1)OC(=O)c1ccccc1. The highest BCUT2D eigenvalue weighted by molar-refractivity contribution is 8.22. The molecule has 2 aromatic rings. The summed E-state index contributed by atoms with van der Waals surface area (Å²) in [6.07, 6.45) is 3.21. The molecule has 1 atom stereocenters. The van der Waals surface area contributed by atoms with Gasteiger partial charge in [-0.25, -0.2) is 4.79 Å². The van der Waals surface area contributed by atoms with Gasteiger partial charge >= 0.3 is 5.97 Å². The highest BCUT2D eigenvalue weighted by atomic mass is 32.2. The van der Waals surface area contributed by atoms with Gasteiger partial charge in [0.25, 0.3) is 0 Å². The number of carbonyl (C=O) groups excluding carboxylic acids is 1. The Hall–Kier alpha value is -2.59. The smallest absolute Gasteiger partial charge is 0.339 e. The first-order valence-corrected chi connectivity index (χ1v) is 10.9. The van der Waals surface area contributed by atoms with Crippen LogP contribution in [0.4, 0.5) is 0 Å². The summed E-state index contributed by atoms with van der Waals surface area (Å²) in [5.74, 6) is 5.93. The maximum absolute atomic E-state index is 12.3. The summed E-state index contributed by atoms with van der Waals surface area (Å²) in [4.78, 5) is 12.3. The molecule has 30 heavy (non-hydrogen) atoms. The van der Waals surface area contributed by atoms with Crippen LogP contribution in [0.25, 0.3) is 6.08 Å². The van der Waals surface area contributed by atoms with E-state index in [0.717, 1.165) is 5.56 Å². The molecule has 0 bridgehead atoms. The van der Waals surface area contributed by atoms with Crippen LogP contribution in [0.1, 0.15) is 22.8 Å². The summed E-state index contributed by atoms with van der Waals surface area (Å²) in [7, 11) is 0. The molecule has 0 radical (unpaired) electrons. The second-order valence-electron chi connectivity index (χ2n) is 5.90. The summed E-state index contributed by atoms with van der Waals surface area (Å²) < 4.78 is 16.8. The van der Waals surface area contributed by atoms with Gasteiger partial charge in [0.1, 0.15) is 0 Å². The lowest BCUT2D eigenvalue weighted by Gasteiger charge is -2.12. The van der Waals surface area contributed by atoms with Crippen LogP contribution in [0.5, 0.6) is 0 Å². The topological polar surface area (TPSA) is 44.8 Å². The predicted molar refractivity (Wildman–Crippen MR) is 126 cm³/mol. The Morgan fingerprint density at radius 3 is 2.53 bits per heavy atom. The summed E-state index contributed by atoms with van der Waals surface area (Å²) in [6, 6.07) is 18.8. The van der Waals surface area contributed by atoms with E-state index in [2.05, 4.69) is 11.8 Å². The molecule has 1 unspecified atom stereocenters. The quantitative estimate of drug-likeness (QED) is 0.237. The van der Waals surface area contributed by atoms with Gasteiger partial charge in [-0.1, -0.05) is 84.3 Å². The van der Waals surface area contributed by atoms with Crippen molar-refractivity contribution in [3.63, 3.8) is 0 Å². The van der Waals surface area contributed by atoms with E-state index in [9.17, 15) is 4.79 Å². The molecule has 156 valence electrons. The van der Waals surface area contributed by atoms with Gasteiger partial charge in [-0.05, 0) is 36.8 Å². The van der Waals surface area contributed by atoms with E-state index in [1.165, 1.54) is 11.8 Å². The van der Waals surface area contributed by atoms with Crippen LogP contribution in [-0.4, -0.2) is 42.0 Å². The molecule has 0 N–H and O–H groups in total. The normalized spacial score (nSPS) is 11.4. The molecule has 0 aliphatic rings. The lowest BCUT2D eigenvalue weighted by molar-refractivity contribution is 0.0183. The molecule has 0 heterocycles. The van der Waals surface area contributed by atoms with Crippen LogP contribution in [-0.2, 0) is 14.2 Å². The van der Waals surface area contributed by atoms with Crippen molar-refractivity contribution in [3.05, 3.63) is 77.9 Å². The third-order valence-corrected chi connectivity index (χ3v) is 4.75. The van der Waals surface area contributed by atoms with E-state index in [-0.39, 0.29) is 6.61 Å². The second-order valence-corrected chi connectivity index (χ2v) is 7.48. The number of benzene rings is 2. The first-order valence-electron chi connectivity index (χ1n) is 9.52. The van der Waals surface area contributed by atoms with Gasteiger partial charge in [-0.2, -0.15) is 0 Å². The Morgan fingerprint density at radius 1 is 1.13 bits per heavy atom. The molecular weight excluding hydrogens is 416 g/mol. The third kappa shape index (κ3) is 9.75. The molecule has 4 nitrogen and oxygen atoms in total. The Labute approximate surface area is 187 Å². The van der Waals surface area contributed by atoms with Crippen molar-refractivity contribution in [3.8, 4) is 11.8 Å². The van der Waals surface area contributed by atoms with Gasteiger partial charge in [0.15, 0.2) is 6.10 Å². The van der Waals surface area contributed by atoms with Crippen molar-refractivity contribution in [1.82, 2.24) is 0 Å². The molecule has 0 amide bonds. The molecule has 0 aliphatic heterocycles. The zero-order valence-corrected chi connectivity index (χ0v) is 18.4. The molecule has 6 heteroatoms. The Balaban J connectivity index is 1.88. The molecule has 2 rings (SSSR count). The highest BCUT2D eigenvalue weighted by Gasteiger charge is 2.14. The van der Waals surface area contributed by atoms with Gasteiger partial charge < -0.3 is 14.2 Å². The molecular formula is C24H24O4S2. The monoisotopic (exact) mass is 440 g/mol. The van der Waals surface area contributed by atoms with Crippen molar-refractivity contribution < 1.29 is 19.0 Å². The highest BCUT2D eigenvalue weighted by Crippen LogP contribution is 2.07. The molecule has 0 aliphatic carbocycles. The average Bonchev–Trinajstić information content (AvgIpc) is 2.77. The van der Waals surface area contributed by atoms with Gasteiger partial charge in [0, 0.05) is 0 Å². The average molecular weight is 441 g/mol. The van der Waals surface area contributed by atoms with Gasteiger partial charge in [0.2, 0.25) is 4.38 Å². The Kier molecular flexibility index (Phi) is 11.4. The lowest BCUT2D eigenvalue weighted by Crippen LogP contribution is -2.22. The molecule has 2 aromatic carbocycles. The van der Waals surface area contributed by atoms with Crippen molar-refractivity contribution in [2.75, 3.05) is 25.6 Å². The number of hydrogen-bond acceptors (Lipinski definition) is 6. The number of carbonyl (C=O) groups is 1. The van der Waals surface area contributed by atoms with Crippen molar-refractivity contribution >= 4 is 40.4 Å². The fraction of sp³-hybridized carbons (Fsp3) is 0.250. The van der Waals surface area contributed by atoms with E-state index < -0.39 is 12.1 Å². The Bertz CT molecular complexity index is 870. The van der Waals surface area contributed by atoms with E-state index in [0.29, 0.717) is 28.9 Å². The Morgan fingerprint density at radius 2 is 1.83 bits per heavy atom. The standard InChI is InChI=1S/C24H24O4S2/c1-2-27-24(29)30-18-10-16-22(28-23(25)21-14-7-4-8-15-21)19-26-17-9-13-20-11-5-3-6-12-20/h3-9,11-15,22H,2,17-19H2,1H3/b13-9+. The largest absolute Gasteiger partial charge is 0.479 e. The fourth-order valence-electron chi connectivity index (χ4n) is 2.28. The first-order chi connectivity index (χ1) is 14.7. The molecule has 0 saturated carbocycles. The van der Waals surface area contributed by atoms with Crippen LogP contribution in [0.2, 0.25) is 0 Å². The number of esters is 1. The maximum atomic E-state index is 12.3. The minimum absolute atomic E-state index is 0.172. The minimum atomic E-state index is -0.677. The van der Waals surface area contributed by atoms with Crippen molar-refractivity contribution in [2.24, 2.45) is 0 Å². The molecule has 0 spiro atoms. The number of hydrogen-bond donors (Lipinski definition) is 0. The van der Waals surface area contributed by atoms with Crippen LogP contribution in [0.3, 0.4) is 0 Å². The lowest BCUT2D eigenvalue weighted by atomic mass is 10.2. The van der Waals surface area contributed by atoms with E-state index in [1.54, 1.807) is 24.3 Å². The van der Waals surface area contributed by atoms with E-state index in [1.807, 2.05) is 55.5 Å². The van der Waals surface area contributed by atoms with E-state index in [4.69, 9.17) is 26.4 Å². The van der Waals surface area contributed by atoms with Crippen LogP contribution >= 0.6 is 24.0 Å². The van der Waals surface area contributed by atoms with E-state index >= 15 is 0 Å². The zero-order valence-electron chi connectivity index (χ0n) is 16.8. The third-order valence-electron chi connectivity index (χ3n) is 3.64. The van der Waals surface area contributed by atoms with Gasteiger partial charge in [0.05, 0.1) is 31.1 Å². The van der Waals surface area contributed by atoms with Crippen LogP contribution in [0, 0.1) is 11.8 Å².